The topological polar surface area (TPSA) is 85.3 Å². The van der Waals surface area contributed by atoms with Crippen molar-refractivity contribution in [2.75, 3.05) is 24.7 Å². The van der Waals surface area contributed by atoms with Crippen LogP contribution in [0.5, 0.6) is 17.2 Å². The summed E-state index contributed by atoms with van der Waals surface area (Å²) in [7, 11) is 0. The standard InChI is InChI=1S/C31H31NO6/c1-5-36-23-13-11-20(17-22(23)31(2,3)4)28(33)26-27(19-9-7-6-8-10-19)32(30(35)29(26)34)21-12-14-24-25(18-21)38-16-15-37-24/h6-14,17-18,27,33H,5,15-16H2,1-4H3/b28-26+. The minimum Gasteiger partial charge on any atom is -0.507 e. The van der Waals surface area contributed by atoms with E-state index in [0.29, 0.717) is 53.9 Å². The van der Waals surface area contributed by atoms with Crippen molar-refractivity contribution < 1.29 is 28.9 Å². The molecular weight excluding hydrogens is 482 g/mol. The number of hydrogen-bond acceptors (Lipinski definition) is 6. The highest BCUT2D eigenvalue weighted by Gasteiger charge is 2.47. The first-order valence-electron chi connectivity index (χ1n) is 12.7. The normalized spacial score (nSPS) is 18.5. The van der Waals surface area contributed by atoms with Crippen molar-refractivity contribution in [2.24, 2.45) is 0 Å². The Bertz CT molecular complexity index is 1420. The lowest BCUT2D eigenvalue weighted by molar-refractivity contribution is -0.132. The number of rotatable bonds is 5. The summed E-state index contributed by atoms with van der Waals surface area (Å²) in [6.45, 7) is 9.42. The van der Waals surface area contributed by atoms with Gasteiger partial charge in [-0.3, -0.25) is 14.5 Å². The SMILES string of the molecule is CCOc1ccc(/C(O)=C2\C(=O)C(=O)N(c3ccc4c(c3)OCCO4)C2c2ccccc2)cc1C(C)(C)C. The molecule has 1 amide bonds. The Morgan fingerprint density at radius 2 is 1.68 bits per heavy atom. The van der Waals surface area contributed by atoms with Crippen LogP contribution in [-0.4, -0.2) is 36.6 Å². The van der Waals surface area contributed by atoms with Gasteiger partial charge in [-0.15, -0.1) is 0 Å². The first kappa shape index (κ1) is 25.4. The van der Waals surface area contributed by atoms with Gasteiger partial charge >= 0.3 is 0 Å². The van der Waals surface area contributed by atoms with Gasteiger partial charge in [-0.25, -0.2) is 0 Å². The molecule has 7 nitrogen and oxygen atoms in total. The number of carbonyl (C=O) groups is 2. The average Bonchev–Trinajstić information content (AvgIpc) is 3.18. The van der Waals surface area contributed by atoms with Crippen molar-refractivity contribution in [3.63, 3.8) is 0 Å². The molecule has 0 aliphatic carbocycles. The highest BCUT2D eigenvalue weighted by Crippen LogP contribution is 2.45. The van der Waals surface area contributed by atoms with Crippen LogP contribution in [-0.2, 0) is 15.0 Å². The Morgan fingerprint density at radius 3 is 2.37 bits per heavy atom. The van der Waals surface area contributed by atoms with Gasteiger partial charge in [0.05, 0.1) is 18.2 Å². The molecule has 1 atom stereocenters. The van der Waals surface area contributed by atoms with Gasteiger partial charge in [-0.1, -0.05) is 51.1 Å². The van der Waals surface area contributed by atoms with Crippen LogP contribution in [0.15, 0.2) is 72.3 Å². The summed E-state index contributed by atoms with van der Waals surface area (Å²) in [6.07, 6.45) is 0. The molecule has 1 N–H and O–H groups in total. The Morgan fingerprint density at radius 1 is 0.974 bits per heavy atom. The number of fused-ring (bicyclic) bond motifs is 1. The zero-order valence-electron chi connectivity index (χ0n) is 22.0. The molecule has 7 heteroatoms. The fraction of sp³-hybridized carbons (Fsp3) is 0.290. The Kier molecular flexibility index (Phi) is 6.61. The third-order valence-electron chi connectivity index (χ3n) is 6.72. The van der Waals surface area contributed by atoms with Gasteiger partial charge in [0, 0.05) is 22.9 Å². The second-order valence-electron chi connectivity index (χ2n) is 10.3. The molecule has 2 heterocycles. The van der Waals surface area contributed by atoms with Crippen LogP contribution in [0.1, 0.15) is 50.4 Å². The molecule has 5 rings (SSSR count). The number of anilines is 1. The molecule has 0 spiro atoms. The fourth-order valence-corrected chi connectivity index (χ4v) is 4.93. The number of ketones is 1. The van der Waals surface area contributed by atoms with Crippen molar-refractivity contribution >= 4 is 23.1 Å². The molecule has 0 bridgehead atoms. The second kappa shape index (κ2) is 9.89. The third-order valence-corrected chi connectivity index (χ3v) is 6.72. The number of ether oxygens (including phenoxy) is 3. The highest BCUT2D eigenvalue weighted by molar-refractivity contribution is 6.51. The summed E-state index contributed by atoms with van der Waals surface area (Å²) < 4.78 is 17.2. The van der Waals surface area contributed by atoms with Crippen molar-refractivity contribution in [1.82, 2.24) is 0 Å². The monoisotopic (exact) mass is 513 g/mol. The van der Waals surface area contributed by atoms with Crippen LogP contribution in [0.3, 0.4) is 0 Å². The van der Waals surface area contributed by atoms with Gasteiger partial charge in [0.1, 0.15) is 24.7 Å². The molecule has 196 valence electrons. The van der Waals surface area contributed by atoms with E-state index in [1.807, 2.05) is 43.3 Å². The van der Waals surface area contributed by atoms with E-state index in [0.717, 1.165) is 5.56 Å². The van der Waals surface area contributed by atoms with E-state index in [-0.39, 0.29) is 16.7 Å². The summed E-state index contributed by atoms with van der Waals surface area (Å²) >= 11 is 0. The first-order chi connectivity index (χ1) is 18.2. The van der Waals surface area contributed by atoms with E-state index in [1.54, 1.807) is 30.3 Å². The number of carbonyl (C=O) groups excluding carboxylic acids is 2. The number of aliphatic hydroxyl groups is 1. The smallest absolute Gasteiger partial charge is 0.300 e. The molecule has 3 aromatic carbocycles. The Hall–Kier alpha value is -4.26. The lowest BCUT2D eigenvalue weighted by Crippen LogP contribution is -2.29. The number of aliphatic hydroxyl groups excluding tert-OH is 1. The van der Waals surface area contributed by atoms with E-state index in [9.17, 15) is 14.7 Å². The predicted octanol–water partition coefficient (Wildman–Crippen LogP) is 5.78. The minimum atomic E-state index is -0.830. The van der Waals surface area contributed by atoms with Crippen molar-refractivity contribution in [2.45, 2.75) is 39.2 Å². The molecule has 0 aromatic heterocycles. The van der Waals surface area contributed by atoms with Gasteiger partial charge < -0.3 is 19.3 Å². The van der Waals surface area contributed by atoms with E-state index >= 15 is 0 Å². The molecule has 1 unspecified atom stereocenters. The third kappa shape index (κ3) is 4.49. The summed E-state index contributed by atoms with van der Waals surface area (Å²) in [5.74, 6) is 0.0934. The van der Waals surface area contributed by atoms with Crippen LogP contribution >= 0.6 is 0 Å². The molecule has 1 fully saturated rings. The molecule has 2 aliphatic heterocycles. The Balaban J connectivity index is 1.68. The summed E-state index contributed by atoms with van der Waals surface area (Å²) in [4.78, 5) is 28.5. The van der Waals surface area contributed by atoms with Crippen LogP contribution in [0.4, 0.5) is 5.69 Å². The zero-order chi connectivity index (χ0) is 27.0. The lowest BCUT2D eigenvalue weighted by atomic mass is 9.84. The Labute approximate surface area is 222 Å². The van der Waals surface area contributed by atoms with Crippen LogP contribution in [0.2, 0.25) is 0 Å². The van der Waals surface area contributed by atoms with Gasteiger partial charge in [0.25, 0.3) is 11.7 Å². The molecule has 38 heavy (non-hydrogen) atoms. The predicted molar refractivity (Wildman–Crippen MR) is 145 cm³/mol. The zero-order valence-corrected chi connectivity index (χ0v) is 22.0. The van der Waals surface area contributed by atoms with Crippen molar-refractivity contribution in [3.8, 4) is 17.2 Å². The largest absolute Gasteiger partial charge is 0.507 e. The maximum absolute atomic E-state index is 13.5. The van der Waals surface area contributed by atoms with E-state index in [1.165, 1.54) is 4.90 Å². The number of nitrogens with zero attached hydrogens (tertiary/aromatic N) is 1. The molecular formula is C31H31NO6. The van der Waals surface area contributed by atoms with Gasteiger partial charge in [0.2, 0.25) is 0 Å². The maximum Gasteiger partial charge on any atom is 0.300 e. The van der Waals surface area contributed by atoms with E-state index < -0.39 is 17.7 Å². The van der Waals surface area contributed by atoms with Crippen LogP contribution in [0, 0.1) is 0 Å². The summed E-state index contributed by atoms with van der Waals surface area (Å²) in [5, 5.41) is 11.6. The van der Waals surface area contributed by atoms with Crippen LogP contribution < -0.4 is 19.1 Å². The number of amides is 1. The fourth-order valence-electron chi connectivity index (χ4n) is 4.93. The number of benzene rings is 3. The molecule has 1 saturated heterocycles. The molecule has 2 aliphatic rings. The van der Waals surface area contributed by atoms with Crippen molar-refractivity contribution in [1.29, 1.82) is 0 Å². The summed E-state index contributed by atoms with van der Waals surface area (Å²) in [6, 6.07) is 18.9. The number of Topliss-reactive ketones (excluding diaryl/α,β-unsaturated/α-hetero) is 1. The molecule has 3 aromatic rings. The van der Waals surface area contributed by atoms with Gasteiger partial charge in [-0.2, -0.15) is 0 Å². The maximum atomic E-state index is 13.5. The average molecular weight is 514 g/mol. The van der Waals surface area contributed by atoms with Crippen molar-refractivity contribution in [3.05, 3.63) is 89.0 Å². The lowest BCUT2D eigenvalue weighted by Gasteiger charge is -2.27. The number of hydrogen-bond donors (Lipinski definition) is 1. The van der Waals surface area contributed by atoms with Crippen LogP contribution in [0.25, 0.3) is 5.76 Å². The van der Waals surface area contributed by atoms with Gasteiger partial charge in [-0.05, 0) is 48.2 Å². The highest BCUT2D eigenvalue weighted by atomic mass is 16.6. The van der Waals surface area contributed by atoms with Gasteiger partial charge in [0.15, 0.2) is 11.5 Å². The second-order valence-corrected chi connectivity index (χ2v) is 10.3. The first-order valence-corrected chi connectivity index (χ1v) is 12.7. The molecule has 0 saturated carbocycles. The van der Waals surface area contributed by atoms with E-state index in [2.05, 4.69) is 20.8 Å². The van der Waals surface area contributed by atoms with E-state index in [4.69, 9.17) is 14.2 Å². The quantitative estimate of drug-likeness (QED) is 0.264. The summed E-state index contributed by atoms with van der Waals surface area (Å²) in [5.41, 5.74) is 2.26. The minimum absolute atomic E-state index is 0.0279. The molecule has 0 radical (unpaired) electrons.